The largest absolute Gasteiger partial charge is 0.384 e. The van der Waals surface area contributed by atoms with E-state index >= 15 is 0 Å². The standard InChI is InChI=1S/C22H25BrClNO2/c1-2-11-22(26,18-5-7-19(23)8-6-18)21(16-25-12-14-27-15-13-25)17-3-9-20(24)10-4-17/h2-10,21,26H,1,11-16H2. The second-order valence-electron chi connectivity index (χ2n) is 6.94. The Balaban J connectivity index is 2.02. The number of halogens is 2. The number of ether oxygens (including phenoxy) is 1. The highest BCUT2D eigenvalue weighted by Gasteiger charge is 2.39. The quantitative estimate of drug-likeness (QED) is 0.604. The van der Waals surface area contributed by atoms with Gasteiger partial charge in [-0.2, -0.15) is 0 Å². The molecule has 2 aromatic rings. The van der Waals surface area contributed by atoms with E-state index in [1.165, 1.54) is 0 Å². The lowest BCUT2D eigenvalue weighted by Crippen LogP contribution is -2.44. The molecule has 27 heavy (non-hydrogen) atoms. The van der Waals surface area contributed by atoms with Crippen molar-refractivity contribution in [3.63, 3.8) is 0 Å². The van der Waals surface area contributed by atoms with Crippen molar-refractivity contribution in [1.82, 2.24) is 4.90 Å². The Morgan fingerprint density at radius 3 is 2.37 bits per heavy atom. The van der Waals surface area contributed by atoms with Crippen LogP contribution in [0.3, 0.4) is 0 Å². The molecule has 1 N–H and O–H groups in total. The van der Waals surface area contributed by atoms with Crippen molar-refractivity contribution in [1.29, 1.82) is 0 Å². The summed E-state index contributed by atoms with van der Waals surface area (Å²) >= 11 is 9.59. The van der Waals surface area contributed by atoms with Crippen molar-refractivity contribution in [2.75, 3.05) is 32.8 Å². The predicted octanol–water partition coefficient (Wildman–Crippen LogP) is 4.98. The molecule has 0 spiro atoms. The molecule has 0 aliphatic carbocycles. The van der Waals surface area contributed by atoms with E-state index in [-0.39, 0.29) is 5.92 Å². The van der Waals surface area contributed by atoms with E-state index in [0.717, 1.165) is 48.4 Å². The van der Waals surface area contributed by atoms with E-state index in [9.17, 15) is 5.11 Å². The van der Waals surface area contributed by atoms with Crippen molar-refractivity contribution >= 4 is 27.5 Å². The molecular weight excluding hydrogens is 426 g/mol. The van der Waals surface area contributed by atoms with Gasteiger partial charge in [0, 0.05) is 35.0 Å². The number of nitrogens with zero attached hydrogens (tertiary/aromatic N) is 1. The summed E-state index contributed by atoms with van der Waals surface area (Å²) in [4.78, 5) is 2.36. The first-order valence-corrected chi connectivity index (χ1v) is 10.3. The number of morpholine rings is 1. The van der Waals surface area contributed by atoms with Gasteiger partial charge in [0.05, 0.1) is 13.2 Å². The summed E-state index contributed by atoms with van der Waals surface area (Å²) in [6.45, 7) is 7.84. The Morgan fingerprint density at radius 2 is 1.78 bits per heavy atom. The van der Waals surface area contributed by atoms with Gasteiger partial charge in [-0.25, -0.2) is 0 Å². The summed E-state index contributed by atoms with van der Waals surface area (Å²) in [6, 6.07) is 15.7. The zero-order valence-corrected chi connectivity index (χ0v) is 17.6. The van der Waals surface area contributed by atoms with Crippen molar-refractivity contribution in [2.24, 2.45) is 0 Å². The molecule has 1 fully saturated rings. The molecule has 1 aliphatic heterocycles. The minimum absolute atomic E-state index is 0.118. The Morgan fingerprint density at radius 1 is 1.15 bits per heavy atom. The van der Waals surface area contributed by atoms with Gasteiger partial charge in [-0.1, -0.05) is 57.9 Å². The molecule has 5 heteroatoms. The minimum atomic E-state index is -1.06. The summed E-state index contributed by atoms with van der Waals surface area (Å²) in [5.41, 5.74) is 0.895. The fraction of sp³-hybridized carbons (Fsp3) is 0.364. The molecule has 0 radical (unpaired) electrons. The van der Waals surface area contributed by atoms with Crippen LogP contribution in [-0.4, -0.2) is 42.9 Å². The topological polar surface area (TPSA) is 32.7 Å². The maximum absolute atomic E-state index is 11.9. The molecule has 1 aliphatic rings. The molecule has 0 aromatic heterocycles. The smallest absolute Gasteiger partial charge is 0.101 e. The maximum Gasteiger partial charge on any atom is 0.101 e. The number of rotatable bonds is 7. The van der Waals surface area contributed by atoms with Crippen LogP contribution in [0.1, 0.15) is 23.5 Å². The highest BCUT2D eigenvalue weighted by molar-refractivity contribution is 9.10. The van der Waals surface area contributed by atoms with Crippen LogP contribution in [0.5, 0.6) is 0 Å². The van der Waals surface area contributed by atoms with Gasteiger partial charge in [0.1, 0.15) is 5.60 Å². The average molecular weight is 451 g/mol. The number of benzene rings is 2. The molecule has 1 heterocycles. The lowest BCUT2D eigenvalue weighted by molar-refractivity contribution is -0.0206. The normalized spacial score (nSPS) is 18.6. The van der Waals surface area contributed by atoms with Crippen LogP contribution in [0.4, 0.5) is 0 Å². The second-order valence-corrected chi connectivity index (χ2v) is 8.29. The maximum atomic E-state index is 11.9. The second kappa shape index (κ2) is 9.35. The van der Waals surface area contributed by atoms with Gasteiger partial charge in [-0.05, 0) is 41.8 Å². The summed E-state index contributed by atoms with van der Waals surface area (Å²) < 4.78 is 6.48. The Kier molecular flexibility index (Phi) is 7.12. The number of aliphatic hydroxyl groups is 1. The summed E-state index contributed by atoms with van der Waals surface area (Å²) in [7, 11) is 0. The summed E-state index contributed by atoms with van der Waals surface area (Å²) in [5.74, 6) is -0.118. The van der Waals surface area contributed by atoms with E-state index in [1.807, 2.05) is 48.5 Å². The van der Waals surface area contributed by atoms with E-state index in [1.54, 1.807) is 6.08 Å². The van der Waals surface area contributed by atoms with Crippen LogP contribution in [-0.2, 0) is 10.3 Å². The fourth-order valence-corrected chi connectivity index (χ4v) is 4.08. The monoisotopic (exact) mass is 449 g/mol. The van der Waals surface area contributed by atoms with Crippen molar-refractivity contribution in [3.05, 3.63) is 81.8 Å². The van der Waals surface area contributed by atoms with Crippen LogP contribution in [0.15, 0.2) is 65.7 Å². The van der Waals surface area contributed by atoms with Crippen molar-refractivity contribution in [3.8, 4) is 0 Å². The molecule has 3 nitrogen and oxygen atoms in total. The van der Waals surface area contributed by atoms with Gasteiger partial charge in [0.15, 0.2) is 0 Å². The third-order valence-corrected chi connectivity index (χ3v) is 5.97. The Hall–Kier alpha value is -1.17. The molecule has 1 saturated heterocycles. The molecule has 2 atom stereocenters. The first-order valence-electron chi connectivity index (χ1n) is 9.18. The van der Waals surface area contributed by atoms with Gasteiger partial charge in [-0.15, -0.1) is 6.58 Å². The zero-order valence-electron chi connectivity index (χ0n) is 15.3. The van der Waals surface area contributed by atoms with Crippen molar-refractivity contribution in [2.45, 2.75) is 17.9 Å². The van der Waals surface area contributed by atoms with Gasteiger partial charge >= 0.3 is 0 Å². The molecule has 0 saturated carbocycles. The fourth-order valence-electron chi connectivity index (χ4n) is 3.69. The van der Waals surface area contributed by atoms with Gasteiger partial charge < -0.3 is 9.84 Å². The lowest BCUT2D eigenvalue weighted by atomic mass is 9.75. The first kappa shape index (κ1) is 20.6. The minimum Gasteiger partial charge on any atom is -0.384 e. The number of hydrogen-bond donors (Lipinski definition) is 1. The molecular formula is C22H25BrClNO2. The first-order chi connectivity index (χ1) is 13.0. The molecule has 144 valence electrons. The Bertz CT molecular complexity index is 744. The molecule has 2 unspecified atom stereocenters. The summed E-state index contributed by atoms with van der Waals surface area (Å²) in [5, 5.41) is 12.6. The van der Waals surface area contributed by atoms with Crippen LogP contribution in [0.2, 0.25) is 5.02 Å². The molecule has 2 aromatic carbocycles. The van der Waals surface area contributed by atoms with E-state index in [4.69, 9.17) is 16.3 Å². The van der Waals surface area contributed by atoms with E-state index in [2.05, 4.69) is 27.4 Å². The predicted molar refractivity (Wildman–Crippen MR) is 114 cm³/mol. The Labute approximate surface area is 174 Å². The zero-order chi connectivity index (χ0) is 19.3. The SMILES string of the molecule is C=CCC(O)(c1ccc(Br)cc1)C(CN1CCOCC1)c1ccc(Cl)cc1. The number of hydrogen-bond acceptors (Lipinski definition) is 3. The average Bonchev–Trinajstić information content (AvgIpc) is 2.68. The molecule has 0 bridgehead atoms. The summed E-state index contributed by atoms with van der Waals surface area (Å²) in [6.07, 6.45) is 2.26. The van der Waals surface area contributed by atoms with Crippen LogP contribution in [0.25, 0.3) is 0 Å². The van der Waals surface area contributed by atoms with Gasteiger partial charge in [0.2, 0.25) is 0 Å². The van der Waals surface area contributed by atoms with Crippen molar-refractivity contribution < 1.29 is 9.84 Å². The highest BCUT2D eigenvalue weighted by Crippen LogP contribution is 2.41. The molecule has 0 amide bonds. The van der Waals surface area contributed by atoms with E-state index in [0.29, 0.717) is 11.4 Å². The third kappa shape index (κ3) is 5.01. The van der Waals surface area contributed by atoms with Crippen LogP contribution >= 0.6 is 27.5 Å². The van der Waals surface area contributed by atoms with Crippen LogP contribution < -0.4 is 0 Å². The van der Waals surface area contributed by atoms with Crippen LogP contribution in [0, 0.1) is 0 Å². The third-order valence-electron chi connectivity index (χ3n) is 5.19. The van der Waals surface area contributed by atoms with Gasteiger partial charge in [0.25, 0.3) is 0 Å². The molecule has 3 rings (SSSR count). The lowest BCUT2D eigenvalue weighted by Gasteiger charge is -2.40. The van der Waals surface area contributed by atoms with Gasteiger partial charge in [-0.3, -0.25) is 4.90 Å². The van der Waals surface area contributed by atoms with E-state index < -0.39 is 5.60 Å². The highest BCUT2D eigenvalue weighted by atomic mass is 79.9.